The second kappa shape index (κ2) is 4.78. The Bertz CT molecular complexity index is 616. The van der Waals surface area contributed by atoms with Crippen molar-refractivity contribution in [3.63, 3.8) is 0 Å². The van der Waals surface area contributed by atoms with Crippen LogP contribution in [-0.2, 0) is 0 Å². The number of nitrogen functional groups attached to an aromatic ring is 1. The van der Waals surface area contributed by atoms with E-state index in [2.05, 4.69) is 20.6 Å². The van der Waals surface area contributed by atoms with Gasteiger partial charge >= 0.3 is 0 Å². The molecule has 19 heavy (non-hydrogen) atoms. The van der Waals surface area contributed by atoms with Crippen molar-refractivity contribution in [1.29, 1.82) is 0 Å². The molecule has 2 aromatic rings. The van der Waals surface area contributed by atoms with Crippen molar-refractivity contribution < 1.29 is 4.79 Å². The minimum atomic E-state index is -0.256. The maximum absolute atomic E-state index is 12.1. The van der Waals surface area contributed by atoms with Crippen molar-refractivity contribution in [3.05, 3.63) is 16.0 Å². The van der Waals surface area contributed by atoms with Crippen LogP contribution in [0.2, 0.25) is 0 Å². The summed E-state index contributed by atoms with van der Waals surface area (Å²) in [6.45, 7) is 1.88. The smallest absolute Gasteiger partial charge is 0.271 e. The van der Waals surface area contributed by atoms with Gasteiger partial charge in [0, 0.05) is 11.4 Å². The first-order valence-electron chi connectivity index (χ1n) is 5.88. The lowest BCUT2D eigenvalue weighted by molar-refractivity contribution is 0.103. The van der Waals surface area contributed by atoms with Gasteiger partial charge in [0.05, 0.1) is 5.69 Å². The SMILES string of the molecule is Cc1csc(NC(=O)c2sc(NC3CC3)nc2N)n1. The fourth-order valence-electron chi connectivity index (χ4n) is 1.52. The number of anilines is 3. The Balaban J connectivity index is 1.73. The number of nitrogens with two attached hydrogens (primary N) is 1. The highest BCUT2D eigenvalue weighted by atomic mass is 32.1. The van der Waals surface area contributed by atoms with E-state index in [1.165, 1.54) is 22.7 Å². The first-order valence-corrected chi connectivity index (χ1v) is 7.58. The molecule has 0 aliphatic heterocycles. The molecule has 2 heterocycles. The molecule has 1 amide bonds. The van der Waals surface area contributed by atoms with Crippen molar-refractivity contribution in [2.75, 3.05) is 16.4 Å². The number of rotatable bonds is 4. The van der Waals surface area contributed by atoms with Gasteiger partial charge in [-0.3, -0.25) is 10.1 Å². The molecule has 0 unspecified atom stereocenters. The predicted molar refractivity (Wildman–Crippen MR) is 78.0 cm³/mol. The highest BCUT2D eigenvalue weighted by Crippen LogP contribution is 2.31. The Labute approximate surface area is 118 Å². The molecule has 0 saturated heterocycles. The van der Waals surface area contributed by atoms with E-state index < -0.39 is 0 Å². The number of aryl methyl sites for hydroxylation is 1. The third-order valence-electron chi connectivity index (χ3n) is 2.60. The minimum absolute atomic E-state index is 0.256. The summed E-state index contributed by atoms with van der Waals surface area (Å²) in [4.78, 5) is 20.9. The molecule has 100 valence electrons. The van der Waals surface area contributed by atoms with Crippen LogP contribution in [-0.4, -0.2) is 21.9 Å². The summed E-state index contributed by atoms with van der Waals surface area (Å²) in [5.74, 6) is 0.00660. The topological polar surface area (TPSA) is 92.9 Å². The van der Waals surface area contributed by atoms with E-state index in [9.17, 15) is 4.79 Å². The Morgan fingerprint density at radius 2 is 2.21 bits per heavy atom. The van der Waals surface area contributed by atoms with Gasteiger partial charge in [-0.1, -0.05) is 11.3 Å². The molecular weight excluding hydrogens is 282 g/mol. The van der Waals surface area contributed by atoms with E-state index in [-0.39, 0.29) is 11.7 Å². The van der Waals surface area contributed by atoms with Crippen LogP contribution in [0.5, 0.6) is 0 Å². The fourth-order valence-corrected chi connectivity index (χ4v) is 3.06. The zero-order valence-corrected chi connectivity index (χ0v) is 11.9. The molecule has 1 aliphatic rings. The summed E-state index contributed by atoms with van der Waals surface area (Å²) in [6.07, 6.45) is 2.30. The summed E-state index contributed by atoms with van der Waals surface area (Å²) < 4.78 is 0. The molecule has 0 bridgehead atoms. The van der Waals surface area contributed by atoms with Crippen molar-refractivity contribution >= 4 is 44.7 Å². The Kier molecular flexibility index (Phi) is 3.11. The molecule has 4 N–H and O–H groups in total. The number of amides is 1. The molecular formula is C11H13N5OS2. The van der Waals surface area contributed by atoms with E-state index in [0.29, 0.717) is 21.2 Å². The quantitative estimate of drug-likeness (QED) is 0.805. The number of carbonyl (C=O) groups is 1. The summed E-state index contributed by atoms with van der Waals surface area (Å²) >= 11 is 2.67. The third kappa shape index (κ3) is 2.85. The lowest BCUT2D eigenvalue weighted by Crippen LogP contribution is -2.11. The number of aromatic nitrogens is 2. The fraction of sp³-hybridized carbons (Fsp3) is 0.364. The van der Waals surface area contributed by atoms with Gasteiger partial charge in [0.15, 0.2) is 10.3 Å². The molecule has 0 aromatic carbocycles. The van der Waals surface area contributed by atoms with Gasteiger partial charge in [-0.05, 0) is 19.8 Å². The minimum Gasteiger partial charge on any atom is -0.382 e. The van der Waals surface area contributed by atoms with E-state index in [0.717, 1.165) is 18.5 Å². The average Bonchev–Trinajstić information content (AvgIpc) is 2.95. The van der Waals surface area contributed by atoms with Crippen molar-refractivity contribution in [3.8, 4) is 0 Å². The molecule has 0 atom stereocenters. The Morgan fingerprint density at radius 1 is 1.42 bits per heavy atom. The first kappa shape index (κ1) is 12.4. The van der Waals surface area contributed by atoms with Crippen LogP contribution < -0.4 is 16.4 Å². The number of nitrogens with one attached hydrogen (secondary N) is 2. The second-order valence-corrected chi connectivity index (χ2v) is 6.26. The molecule has 0 radical (unpaired) electrons. The average molecular weight is 295 g/mol. The highest BCUT2D eigenvalue weighted by Gasteiger charge is 2.24. The van der Waals surface area contributed by atoms with Crippen LogP contribution >= 0.6 is 22.7 Å². The number of nitrogens with zero attached hydrogens (tertiary/aromatic N) is 2. The predicted octanol–water partition coefficient (Wildman–Crippen LogP) is 2.32. The van der Waals surface area contributed by atoms with Crippen LogP contribution in [0.25, 0.3) is 0 Å². The molecule has 1 aliphatic carbocycles. The molecule has 8 heteroatoms. The monoisotopic (exact) mass is 295 g/mol. The lowest BCUT2D eigenvalue weighted by atomic mass is 10.5. The summed E-state index contributed by atoms with van der Waals surface area (Å²) in [6, 6.07) is 0.489. The molecule has 1 saturated carbocycles. The molecule has 2 aromatic heterocycles. The van der Waals surface area contributed by atoms with E-state index in [1.54, 1.807) is 0 Å². The van der Waals surface area contributed by atoms with Gasteiger partial charge in [0.1, 0.15) is 10.7 Å². The van der Waals surface area contributed by atoms with Crippen molar-refractivity contribution in [1.82, 2.24) is 9.97 Å². The van der Waals surface area contributed by atoms with Crippen LogP contribution in [0.4, 0.5) is 16.1 Å². The number of hydrogen-bond acceptors (Lipinski definition) is 7. The Morgan fingerprint density at radius 3 is 2.84 bits per heavy atom. The number of hydrogen-bond donors (Lipinski definition) is 3. The van der Waals surface area contributed by atoms with E-state index in [4.69, 9.17) is 5.73 Å². The molecule has 0 spiro atoms. The standard InChI is InChI=1S/C11H13N5OS2/c1-5-4-18-10(13-5)16-9(17)7-8(12)15-11(19-7)14-6-2-3-6/h4,6H,2-3,12H2,1H3,(H,14,15)(H,13,16,17). The number of carbonyl (C=O) groups excluding carboxylic acids is 1. The van der Waals surface area contributed by atoms with Gasteiger partial charge < -0.3 is 11.1 Å². The van der Waals surface area contributed by atoms with Gasteiger partial charge in [-0.25, -0.2) is 9.97 Å². The van der Waals surface area contributed by atoms with E-state index >= 15 is 0 Å². The summed E-state index contributed by atoms with van der Waals surface area (Å²) in [7, 11) is 0. The Hall–Kier alpha value is -1.67. The van der Waals surface area contributed by atoms with Crippen LogP contribution in [0.1, 0.15) is 28.2 Å². The molecule has 1 fully saturated rings. The zero-order valence-electron chi connectivity index (χ0n) is 10.3. The maximum atomic E-state index is 12.1. The molecule has 6 nitrogen and oxygen atoms in total. The normalized spacial score (nSPS) is 14.4. The largest absolute Gasteiger partial charge is 0.382 e. The van der Waals surface area contributed by atoms with Gasteiger partial charge in [-0.2, -0.15) is 0 Å². The number of thiazole rings is 2. The van der Waals surface area contributed by atoms with Crippen LogP contribution in [0.15, 0.2) is 5.38 Å². The van der Waals surface area contributed by atoms with Gasteiger partial charge in [0.25, 0.3) is 5.91 Å². The van der Waals surface area contributed by atoms with Crippen molar-refractivity contribution in [2.45, 2.75) is 25.8 Å². The highest BCUT2D eigenvalue weighted by molar-refractivity contribution is 7.18. The second-order valence-electron chi connectivity index (χ2n) is 4.40. The molecule has 3 rings (SSSR count). The van der Waals surface area contributed by atoms with E-state index in [1.807, 2.05) is 12.3 Å². The van der Waals surface area contributed by atoms with Crippen LogP contribution in [0, 0.1) is 6.92 Å². The van der Waals surface area contributed by atoms with Crippen LogP contribution in [0.3, 0.4) is 0 Å². The van der Waals surface area contributed by atoms with Crippen molar-refractivity contribution in [2.24, 2.45) is 0 Å². The summed E-state index contributed by atoms with van der Waals surface area (Å²) in [5.41, 5.74) is 6.66. The van der Waals surface area contributed by atoms with Gasteiger partial charge in [-0.15, -0.1) is 11.3 Å². The lowest BCUT2D eigenvalue weighted by Gasteiger charge is -1.98. The first-order chi connectivity index (χ1) is 9.11. The third-order valence-corrected chi connectivity index (χ3v) is 4.48. The van der Waals surface area contributed by atoms with Gasteiger partial charge in [0.2, 0.25) is 0 Å². The zero-order chi connectivity index (χ0) is 13.4. The maximum Gasteiger partial charge on any atom is 0.271 e. The summed E-state index contributed by atoms with van der Waals surface area (Å²) in [5, 5.41) is 9.13.